The number of imidazole rings is 1. The van der Waals surface area contributed by atoms with E-state index in [1.54, 1.807) is 6.20 Å². The standard InChI is InChI=1S/C22H27N5O/c1-15(2)24-22(28)20-13-17(9-10-23-20)27-11-5-6-16(14-27)12-21-25-18-7-3-4-8-19(18)26-21/h3-4,7-10,13,15-16H,5-6,11-12,14H2,1-2H3,(H,24,28)(H,25,26)/t16-/m0/s1. The van der Waals surface area contributed by atoms with Crippen LogP contribution in [0.15, 0.2) is 42.6 Å². The Kier molecular flexibility index (Phi) is 5.28. The van der Waals surface area contributed by atoms with Crippen LogP contribution in [0.1, 0.15) is 43.0 Å². The number of hydrogen-bond donors (Lipinski definition) is 2. The van der Waals surface area contributed by atoms with Crippen LogP contribution >= 0.6 is 0 Å². The molecule has 1 aliphatic heterocycles. The molecule has 1 aliphatic rings. The van der Waals surface area contributed by atoms with Gasteiger partial charge < -0.3 is 15.2 Å². The van der Waals surface area contributed by atoms with Crippen LogP contribution in [0.25, 0.3) is 11.0 Å². The zero-order chi connectivity index (χ0) is 19.5. The quantitative estimate of drug-likeness (QED) is 0.713. The van der Waals surface area contributed by atoms with E-state index in [9.17, 15) is 4.79 Å². The first-order chi connectivity index (χ1) is 13.6. The lowest BCUT2D eigenvalue weighted by Crippen LogP contribution is -2.37. The predicted octanol–water partition coefficient (Wildman–Crippen LogP) is 3.56. The molecule has 0 bridgehead atoms. The molecule has 2 N–H and O–H groups in total. The molecule has 0 saturated carbocycles. The van der Waals surface area contributed by atoms with Crippen molar-refractivity contribution in [2.24, 2.45) is 5.92 Å². The van der Waals surface area contributed by atoms with Crippen molar-refractivity contribution in [1.29, 1.82) is 0 Å². The number of pyridine rings is 1. The van der Waals surface area contributed by atoms with E-state index in [-0.39, 0.29) is 11.9 Å². The number of benzene rings is 1. The number of nitrogens with one attached hydrogen (secondary N) is 2. The van der Waals surface area contributed by atoms with Gasteiger partial charge in [-0.1, -0.05) is 12.1 Å². The molecule has 1 fully saturated rings. The fraction of sp³-hybridized carbons (Fsp3) is 0.409. The van der Waals surface area contributed by atoms with Crippen molar-refractivity contribution in [3.05, 3.63) is 54.1 Å². The van der Waals surface area contributed by atoms with E-state index in [0.29, 0.717) is 11.6 Å². The fourth-order valence-corrected chi connectivity index (χ4v) is 3.92. The van der Waals surface area contributed by atoms with Crippen LogP contribution in [0.2, 0.25) is 0 Å². The van der Waals surface area contributed by atoms with Gasteiger partial charge in [0.15, 0.2) is 0 Å². The van der Waals surface area contributed by atoms with Gasteiger partial charge in [0, 0.05) is 37.4 Å². The van der Waals surface area contributed by atoms with Crippen LogP contribution in [-0.4, -0.2) is 40.0 Å². The van der Waals surface area contributed by atoms with E-state index in [4.69, 9.17) is 4.98 Å². The number of para-hydroxylation sites is 2. The molecule has 0 aliphatic carbocycles. The van der Waals surface area contributed by atoms with Crippen molar-refractivity contribution in [2.75, 3.05) is 18.0 Å². The number of amides is 1. The largest absolute Gasteiger partial charge is 0.371 e. The van der Waals surface area contributed by atoms with Crippen molar-refractivity contribution < 1.29 is 4.79 Å². The molecular formula is C22H27N5O. The van der Waals surface area contributed by atoms with E-state index in [0.717, 1.165) is 48.5 Å². The first kappa shape index (κ1) is 18.5. The molecule has 1 atom stereocenters. The van der Waals surface area contributed by atoms with Crippen LogP contribution in [0.5, 0.6) is 0 Å². The second-order valence-corrected chi connectivity index (χ2v) is 7.89. The summed E-state index contributed by atoms with van der Waals surface area (Å²) >= 11 is 0. The summed E-state index contributed by atoms with van der Waals surface area (Å²) in [5, 5.41) is 2.91. The van der Waals surface area contributed by atoms with Crippen LogP contribution in [-0.2, 0) is 6.42 Å². The summed E-state index contributed by atoms with van der Waals surface area (Å²) in [5.41, 5.74) is 3.67. The van der Waals surface area contributed by atoms with Gasteiger partial charge in [-0.05, 0) is 56.9 Å². The number of anilines is 1. The Morgan fingerprint density at radius 2 is 2.18 bits per heavy atom. The Balaban J connectivity index is 1.45. The number of aromatic nitrogens is 3. The summed E-state index contributed by atoms with van der Waals surface area (Å²) in [7, 11) is 0. The lowest BCUT2D eigenvalue weighted by Gasteiger charge is -2.34. The van der Waals surface area contributed by atoms with Gasteiger partial charge in [-0.2, -0.15) is 0 Å². The highest BCUT2D eigenvalue weighted by Crippen LogP contribution is 2.26. The van der Waals surface area contributed by atoms with Crippen molar-refractivity contribution in [1.82, 2.24) is 20.3 Å². The number of H-pyrrole nitrogens is 1. The number of hydrogen-bond acceptors (Lipinski definition) is 4. The number of carbonyl (C=O) groups excluding carboxylic acids is 1. The molecule has 0 radical (unpaired) electrons. The van der Waals surface area contributed by atoms with Gasteiger partial charge in [-0.3, -0.25) is 9.78 Å². The number of piperidine rings is 1. The van der Waals surface area contributed by atoms with Crippen LogP contribution in [0.3, 0.4) is 0 Å². The van der Waals surface area contributed by atoms with E-state index in [1.165, 1.54) is 6.42 Å². The molecule has 1 saturated heterocycles. The maximum absolute atomic E-state index is 12.3. The Morgan fingerprint density at radius 3 is 3.00 bits per heavy atom. The van der Waals surface area contributed by atoms with Gasteiger partial charge in [0.25, 0.3) is 5.91 Å². The molecule has 28 heavy (non-hydrogen) atoms. The molecule has 6 nitrogen and oxygen atoms in total. The molecular weight excluding hydrogens is 350 g/mol. The normalized spacial score (nSPS) is 17.2. The van der Waals surface area contributed by atoms with Crippen molar-refractivity contribution in [2.45, 2.75) is 39.2 Å². The third-order valence-corrected chi connectivity index (χ3v) is 5.20. The Morgan fingerprint density at radius 1 is 1.32 bits per heavy atom. The van der Waals surface area contributed by atoms with Gasteiger partial charge in [0.2, 0.25) is 0 Å². The van der Waals surface area contributed by atoms with Crippen molar-refractivity contribution in [3.8, 4) is 0 Å². The lowest BCUT2D eigenvalue weighted by atomic mass is 9.94. The summed E-state index contributed by atoms with van der Waals surface area (Å²) in [6.45, 7) is 5.88. The van der Waals surface area contributed by atoms with Gasteiger partial charge in [-0.15, -0.1) is 0 Å². The minimum Gasteiger partial charge on any atom is -0.371 e. The van der Waals surface area contributed by atoms with E-state index < -0.39 is 0 Å². The summed E-state index contributed by atoms with van der Waals surface area (Å²) in [6, 6.07) is 12.2. The van der Waals surface area contributed by atoms with E-state index in [1.807, 2.05) is 44.2 Å². The molecule has 6 heteroatoms. The second kappa shape index (κ2) is 8.00. The number of aromatic amines is 1. The van der Waals surface area contributed by atoms with Crippen molar-refractivity contribution in [3.63, 3.8) is 0 Å². The molecule has 0 spiro atoms. The smallest absolute Gasteiger partial charge is 0.270 e. The number of nitrogens with zero attached hydrogens (tertiary/aromatic N) is 3. The summed E-state index contributed by atoms with van der Waals surface area (Å²) in [6.07, 6.45) is 5.00. The number of fused-ring (bicyclic) bond motifs is 1. The minimum absolute atomic E-state index is 0.0983. The zero-order valence-electron chi connectivity index (χ0n) is 16.5. The monoisotopic (exact) mass is 377 g/mol. The topological polar surface area (TPSA) is 73.9 Å². The van der Waals surface area contributed by atoms with Crippen LogP contribution in [0, 0.1) is 5.92 Å². The zero-order valence-corrected chi connectivity index (χ0v) is 16.5. The highest BCUT2D eigenvalue weighted by atomic mass is 16.1. The van der Waals surface area contributed by atoms with Gasteiger partial charge >= 0.3 is 0 Å². The Labute approximate surface area is 165 Å². The minimum atomic E-state index is -0.118. The van der Waals surface area contributed by atoms with E-state index in [2.05, 4.69) is 26.3 Å². The molecule has 4 rings (SSSR count). The molecule has 1 amide bonds. The third kappa shape index (κ3) is 4.16. The first-order valence-corrected chi connectivity index (χ1v) is 10.0. The van der Waals surface area contributed by atoms with Crippen molar-refractivity contribution >= 4 is 22.6 Å². The number of rotatable bonds is 5. The lowest BCUT2D eigenvalue weighted by molar-refractivity contribution is 0.0938. The molecule has 2 aromatic heterocycles. The van der Waals surface area contributed by atoms with Gasteiger partial charge in [-0.25, -0.2) is 4.98 Å². The molecule has 0 unspecified atom stereocenters. The molecule has 1 aromatic carbocycles. The third-order valence-electron chi connectivity index (χ3n) is 5.20. The average Bonchev–Trinajstić information content (AvgIpc) is 3.10. The van der Waals surface area contributed by atoms with E-state index >= 15 is 0 Å². The highest BCUT2D eigenvalue weighted by molar-refractivity contribution is 5.93. The predicted molar refractivity (Wildman–Crippen MR) is 112 cm³/mol. The maximum atomic E-state index is 12.3. The molecule has 3 heterocycles. The molecule has 146 valence electrons. The maximum Gasteiger partial charge on any atom is 0.270 e. The Bertz CT molecular complexity index is 931. The fourth-order valence-electron chi connectivity index (χ4n) is 3.92. The van der Waals surface area contributed by atoms with Crippen LogP contribution in [0.4, 0.5) is 5.69 Å². The van der Waals surface area contributed by atoms with Crippen LogP contribution < -0.4 is 10.2 Å². The SMILES string of the molecule is CC(C)NC(=O)c1cc(N2CCC[C@@H](Cc3nc4ccccc4[nH]3)C2)ccn1. The highest BCUT2D eigenvalue weighted by Gasteiger charge is 2.22. The average molecular weight is 377 g/mol. The number of carbonyl (C=O) groups is 1. The summed E-state index contributed by atoms with van der Waals surface area (Å²) in [5.74, 6) is 1.47. The summed E-state index contributed by atoms with van der Waals surface area (Å²) < 4.78 is 0. The first-order valence-electron chi connectivity index (χ1n) is 10.0. The molecule has 3 aromatic rings. The second-order valence-electron chi connectivity index (χ2n) is 7.89. The van der Waals surface area contributed by atoms with Gasteiger partial charge in [0.05, 0.1) is 11.0 Å². The van der Waals surface area contributed by atoms with Gasteiger partial charge in [0.1, 0.15) is 11.5 Å². The Hall–Kier alpha value is -2.89. The summed E-state index contributed by atoms with van der Waals surface area (Å²) in [4.78, 5) is 27.1.